The molecule has 0 amide bonds. The van der Waals surface area contributed by atoms with E-state index in [9.17, 15) is 9.59 Å². The van der Waals surface area contributed by atoms with Gasteiger partial charge >= 0.3 is 11.9 Å². The van der Waals surface area contributed by atoms with E-state index in [1.54, 1.807) is 6.07 Å². The van der Waals surface area contributed by atoms with Crippen molar-refractivity contribution >= 4 is 22.8 Å². The van der Waals surface area contributed by atoms with Crippen LogP contribution in [0, 0.1) is 0 Å². The highest BCUT2D eigenvalue weighted by Crippen LogP contribution is 2.28. The first-order valence-electron chi connectivity index (χ1n) is 9.29. The molecule has 0 saturated heterocycles. The third kappa shape index (κ3) is 5.59. The van der Waals surface area contributed by atoms with Gasteiger partial charge in [0.15, 0.2) is 5.75 Å². The number of fused-ring (bicyclic) bond motifs is 1. The number of para-hydroxylation sites is 1. The Bertz CT molecular complexity index is 734. The van der Waals surface area contributed by atoms with Crippen LogP contribution in [0.5, 0.6) is 5.75 Å². The number of esters is 1. The molecule has 0 aliphatic carbocycles. The SMILES string of the molecule is CCN(CC)CCc1c[nH]c2c(OC(=O)CCCCC(=O)O)cccc12. The maximum atomic E-state index is 12.0. The number of aromatic nitrogens is 1. The third-order valence-electron chi connectivity index (χ3n) is 4.60. The van der Waals surface area contributed by atoms with Gasteiger partial charge in [0.25, 0.3) is 0 Å². The lowest BCUT2D eigenvalue weighted by molar-refractivity contribution is -0.138. The number of aromatic amines is 1. The van der Waals surface area contributed by atoms with E-state index in [2.05, 4.69) is 23.7 Å². The molecule has 1 aromatic heterocycles. The van der Waals surface area contributed by atoms with Crippen LogP contribution in [0.4, 0.5) is 0 Å². The fourth-order valence-electron chi connectivity index (χ4n) is 3.01. The van der Waals surface area contributed by atoms with Crippen molar-refractivity contribution in [2.75, 3.05) is 19.6 Å². The second kappa shape index (κ2) is 9.97. The molecule has 0 saturated carbocycles. The number of rotatable bonds is 11. The number of nitrogens with zero attached hydrogens (tertiary/aromatic N) is 1. The molecular weight excluding hydrogens is 332 g/mol. The van der Waals surface area contributed by atoms with E-state index in [0.717, 1.165) is 37.0 Å². The summed E-state index contributed by atoms with van der Waals surface area (Å²) in [7, 11) is 0. The standard InChI is InChI=1S/C20H28N2O4/c1-3-22(4-2)13-12-15-14-21-20-16(15)8-7-9-17(20)26-19(25)11-6-5-10-18(23)24/h7-9,14,21H,3-6,10-13H2,1-2H3,(H,23,24). The predicted octanol–water partition coefficient (Wildman–Crippen LogP) is 3.60. The summed E-state index contributed by atoms with van der Waals surface area (Å²) >= 11 is 0. The predicted molar refractivity (Wildman–Crippen MR) is 102 cm³/mol. The van der Waals surface area contributed by atoms with Crippen LogP contribution in [-0.2, 0) is 16.0 Å². The van der Waals surface area contributed by atoms with Crippen molar-refractivity contribution in [1.82, 2.24) is 9.88 Å². The van der Waals surface area contributed by atoms with Gasteiger partial charge in [0.1, 0.15) is 0 Å². The van der Waals surface area contributed by atoms with Gasteiger partial charge in [0.05, 0.1) is 5.52 Å². The number of aliphatic carboxylic acids is 1. The number of carbonyl (C=O) groups excluding carboxylic acids is 1. The average molecular weight is 360 g/mol. The highest BCUT2D eigenvalue weighted by atomic mass is 16.5. The van der Waals surface area contributed by atoms with Gasteiger partial charge in [-0.25, -0.2) is 0 Å². The molecule has 0 unspecified atom stereocenters. The highest BCUT2D eigenvalue weighted by Gasteiger charge is 2.12. The molecule has 1 aromatic carbocycles. The first-order chi connectivity index (χ1) is 12.5. The maximum absolute atomic E-state index is 12.0. The van der Waals surface area contributed by atoms with Gasteiger partial charge in [-0.05, 0) is 44.0 Å². The van der Waals surface area contributed by atoms with Crippen molar-refractivity contribution in [2.24, 2.45) is 0 Å². The lowest BCUT2D eigenvalue weighted by Crippen LogP contribution is -2.25. The monoisotopic (exact) mass is 360 g/mol. The molecule has 2 rings (SSSR count). The second-order valence-corrected chi connectivity index (χ2v) is 6.34. The van der Waals surface area contributed by atoms with Crippen LogP contribution in [-0.4, -0.2) is 46.6 Å². The van der Waals surface area contributed by atoms with Gasteiger partial charge in [-0.3, -0.25) is 9.59 Å². The molecule has 6 heteroatoms. The molecule has 0 atom stereocenters. The Hall–Kier alpha value is -2.34. The van der Waals surface area contributed by atoms with Crippen LogP contribution in [0.2, 0.25) is 0 Å². The van der Waals surface area contributed by atoms with Crippen LogP contribution in [0.1, 0.15) is 45.1 Å². The van der Waals surface area contributed by atoms with Gasteiger partial charge in [0, 0.05) is 31.0 Å². The summed E-state index contributed by atoms with van der Waals surface area (Å²) in [5.74, 6) is -0.645. The molecule has 0 aliphatic heterocycles. The van der Waals surface area contributed by atoms with E-state index < -0.39 is 5.97 Å². The van der Waals surface area contributed by atoms with Crippen molar-refractivity contribution in [3.8, 4) is 5.75 Å². The minimum absolute atomic E-state index is 0.0788. The molecule has 6 nitrogen and oxygen atoms in total. The first kappa shape index (κ1) is 20.0. The van der Waals surface area contributed by atoms with Gasteiger partial charge in [-0.15, -0.1) is 0 Å². The average Bonchev–Trinajstić information content (AvgIpc) is 3.04. The first-order valence-corrected chi connectivity index (χ1v) is 9.29. The van der Waals surface area contributed by atoms with Gasteiger partial charge in [-0.1, -0.05) is 26.0 Å². The molecule has 1 heterocycles. The number of hydrogen-bond donors (Lipinski definition) is 2. The summed E-state index contributed by atoms with van der Waals surface area (Å²) in [5.41, 5.74) is 2.05. The zero-order valence-electron chi connectivity index (χ0n) is 15.6. The minimum atomic E-state index is -0.841. The number of nitrogens with one attached hydrogen (secondary N) is 1. The molecule has 0 bridgehead atoms. The number of H-pyrrole nitrogens is 1. The zero-order valence-corrected chi connectivity index (χ0v) is 15.6. The Kier molecular flexibility index (Phi) is 7.66. The summed E-state index contributed by atoms with van der Waals surface area (Å²) in [5, 5.41) is 9.70. The number of likely N-dealkylation sites (N-methyl/N-ethyl adjacent to an activating group) is 1. The molecule has 26 heavy (non-hydrogen) atoms. The van der Waals surface area contributed by atoms with Crippen LogP contribution in [0.3, 0.4) is 0 Å². The Labute approximate surface area is 154 Å². The summed E-state index contributed by atoms with van der Waals surface area (Å²) in [6, 6.07) is 5.71. The molecule has 0 fully saturated rings. The number of unbranched alkanes of at least 4 members (excludes halogenated alkanes) is 1. The van der Waals surface area contributed by atoms with Crippen molar-refractivity contribution < 1.29 is 19.4 Å². The van der Waals surface area contributed by atoms with Crippen molar-refractivity contribution in [3.05, 3.63) is 30.0 Å². The molecule has 142 valence electrons. The van der Waals surface area contributed by atoms with Crippen LogP contribution < -0.4 is 4.74 Å². The third-order valence-corrected chi connectivity index (χ3v) is 4.60. The molecule has 0 radical (unpaired) electrons. The fraction of sp³-hybridized carbons (Fsp3) is 0.500. The fourth-order valence-corrected chi connectivity index (χ4v) is 3.01. The Morgan fingerprint density at radius 2 is 1.88 bits per heavy atom. The van der Waals surface area contributed by atoms with Crippen LogP contribution in [0.15, 0.2) is 24.4 Å². The zero-order chi connectivity index (χ0) is 18.9. The summed E-state index contributed by atoms with van der Waals surface area (Å²) in [4.78, 5) is 28.1. The lowest BCUT2D eigenvalue weighted by Gasteiger charge is -2.17. The molecular formula is C20H28N2O4. The summed E-state index contributed by atoms with van der Waals surface area (Å²) < 4.78 is 5.49. The summed E-state index contributed by atoms with van der Waals surface area (Å²) in [6.07, 6.45) is 4.22. The lowest BCUT2D eigenvalue weighted by atomic mass is 10.1. The van der Waals surface area contributed by atoms with E-state index in [0.29, 0.717) is 18.6 Å². The molecule has 2 aromatic rings. The second-order valence-electron chi connectivity index (χ2n) is 6.34. The van der Waals surface area contributed by atoms with Gasteiger partial charge < -0.3 is 19.7 Å². The molecule has 0 aliphatic rings. The smallest absolute Gasteiger partial charge is 0.311 e. The van der Waals surface area contributed by atoms with Crippen LogP contribution in [0.25, 0.3) is 10.9 Å². The molecule has 2 N–H and O–H groups in total. The Balaban J connectivity index is 1.98. The molecule has 0 spiro atoms. The van der Waals surface area contributed by atoms with E-state index in [1.165, 1.54) is 5.56 Å². The number of ether oxygens (including phenoxy) is 1. The van der Waals surface area contributed by atoms with E-state index in [4.69, 9.17) is 9.84 Å². The normalized spacial score (nSPS) is 11.2. The number of benzene rings is 1. The van der Waals surface area contributed by atoms with Crippen molar-refractivity contribution in [3.63, 3.8) is 0 Å². The van der Waals surface area contributed by atoms with Crippen LogP contribution >= 0.6 is 0 Å². The number of hydrogen-bond acceptors (Lipinski definition) is 4. The largest absolute Gasteiger partial charge is 0.481 e. The van der Waals surface area contributed by atoms with E-state index in [-0.39, 0.29) is 18.8 Å². The number of carboxylic acids is 1. The summed E-state index contributed by atoms with van der Waals surface area (Å²) in [6.45, 7) is 7.38. The quantitative estimate of drug-likeness (QED) is 0.363. The van der Waals surface area contributed by atoms with Crippen molar-refractivity contribution in [2.45, 2.75) is 46.0 Å². The highest BCUT2D eigenvalue weighted by molar-refractivity contribution is 5.90. The van der Waals surface area contributed by atoms with Gasteiger partial charge in [0.2, 0.25) is 0 Å². The minimum Gasteiger partial charge on any atom is -0.481 e. The number of carboxylic acid groups (broad SMARTS) is 1. The number of carbonyl (C=O) groups is 2. The Morgan fingerprint density at radius 1 is 1.15 bits per heavy atom. The van der Waals surface area contributed by atoms with E-state index >= 15 is 0 Å². The van der Waals surface area contributed by atoms with Gasteiger partial charge in [-0.2, -0.15) is 0 Å². The topological polar surface area (TPSA) is 82.6 Å². The van der Waals surface area contributed by atoms with Crippen molar-refractivity contribution in [1.29, 1.82) is 0 Å². The Morgan fingerprint density at radius 3 is 2.58 bits per heavy atom. The van der Waals surface area contributed by atoms with E-state index in [1.807, 2.05) is 18.3 Å². The maximum Gasteiger partial charge on any atom is 0.311 e.